The highest BCUT2D eigenvalue weighted by Gasteiger charge is 2.19. The number of benzene rings is 2. The summed E-state index contributed by atoms with van der Waals surface area (Å²) in [6.45, 7) is 0. The molecule has 0 bridgehead atoms. The average molecular weight is 341 g/mol. The van der Waals surface area contributed by atoms with Crippen molar-refractivity contribution in [3.05, 3.63) is 75.6 Å². The molecule has 0 amide bonds. The summed E-state index contributed by atoms with van der Waals surface area (Å²) in [6, 6.07) is 12.6. The van der Waals surface area contributed by atoms with Crippen LogP contribution in [0.1, 0.15) is 0 Å². The lowest BCUT2D eigenvalue weighted by Crippen LogP contribution is -2.21. The van der Waals surface area contributed by atoms with Crippen molar-refractivity contribution in [1.82, 2.24) is 13.9 Å². The number of rotatable bonds is 2. The van der Waals surface area contributed by atoms with Gasteiger partial charge in [0.1, 0.15) is 0 Å². The number of H-pyrrole nitrogens is 2. The molecule has 0 aliphatic carbocycles. The first kappa shape index (κ1) is 14.5. The highest BCUT2D eigenvalue weighted by molar-refractivity contribution is 7.90. The fourth-order valence-electron chi connectivity index (χ4n) is 2.75. The lowest BCUT2D eigenvalue weighted by atomic mass is 10.2. The maximum atomic E-state index is 12.8. The lowest BCUT2D eigenvalue weighted by molar-refractivity contribution is 0.589. The maximum absolute atomic E-state index is 12.8. The summed E-state index contributed by atoms with van der Waals surface area (Å²) in [4.78, 5) is 28.3. The van der Waals surface area contributed by atoms with Crippen molar-refractivity contribution < 1.29 is 8.42 Å². The molecule has 4 rings (SSSR count). The van der Waals surface area contributed by atoms with Gasteiger partial charge in [-0.15, -0.1) is 0 Å². The van der Waals surface area contributed by atoms with Crippen LogP contribution in [0.25, 0.3) is 21.8 Å². The summed E-state index contributed by atoms with van der Waals surface area (Å²) in [5.74, 6) is 0. The fourth-order valence-corrected chi connectivity index (χ4v) is 4.11. The van der Waals surface area contributed by atoms with Gasteiger partial charge in [0, 0.05) is 11.6 Å². The molecule has 0 fully saturated rings. The molecule has 0 spiro atoms. The normalized spacial score (nSPS) is 12.0. The van der Waals surface area contributed by atoms with Crippen molar-refractivity contribution in [2.24, 2.45) is 0 Å². The molecule has 4 aromatic rings. The summed E-state index contributed by atoms with van der Waals surface area (Å²) in [5, 5.41) is 0.771. The number of nitrogens with one attached hydrogen (secondary N) is 2. The summed E-state index contributed by atoms with van der Waals surface area (Å²) in [5.41, 5.74) is -0.469. The molecule has 120 valence electrons. The largest absolute Gasteiger partial charge is 0.326 e. The van der Waals surface area contributed by atoms with Gasteiger partial charge in [0.25, 0.3) is 15.6 Å². The molecule has 8 heteroatoms. The second-order valence-electron chi connectivity index (χ2n) is 5.26. The Bertz CT molecular complexity index is 1300. The van der Waals surface area contributed by atoms with Crippen LogP contribution in [0.5, 0.6) is 0 Å². The maximum Gasteiger partial charge on any atom is 0.326 e. The minimum absolute atomic E-state index is 0.155. The van der Waals surface area contributed by atoms with Gasteiger partial charge in [-0.05, 0) is 30.3 Å². The Hall–Kier alpha value is -3.13. The lowest BCUT2D eigenvalue weighted by Gasteiger charge is -2.08. The standard InChI is InChI=1S/C16H11N3O4S/c20-15-12-6-7-13-11(14(12)17-16(21)18-15)8-9-19(13)24(22,23)10-4-2-1-3-5-10/h1-9H,(H2,17,18,20,21). The van der Waals surface area contributed by atoms with Crippen molar-refractivity contribution in [2.75, 3.05) is 0 Å². The number of aromatic amines is 2. The Labute approximate surface area is 135 Å². The fraction of sp³-hybridized carbons (Fsp3) is 0. The molecule has 0 unspecified atom stereocenters. The number of hydrogen-bond acceptors (Lipinski definition) is 4. The van der Waals surface area contributed by atoms with Crippen LogP contribution >= 0.6 is 0 Å². The zero-order chi connectivity index (χ0) is 16.9. The van der Waals surface area contributed by atoms with E-state index in [2.05, 4.69) is 9.97 Å². The van der Waals surface area contributed by atoms with Gasteiger partial charge in [-0.1, -0.05) is 18.2 Å². The molecule has 2 N–H and O–H groups in total. The van der Waals surface area contributed by atoms with E-state index in [1.807, 2.05) is 0 Å². The first-order valence-corrected chi connectivity index (χ1v) is 8.49. The Morgan fingerprint density at radius 3 is 2.33 bits per heavy atom. The molecular weight excluding hydrogens is 330 g/mol. The minimum Gasteiger partial charge on any atom is -0.306 e. The van der Waals surface area contributed by atoms with E-state index in [0.29, 0.717) is 16.4 Å². The van der Waals surface area contributed by atoms with Crippen LogP contribution in [-0.2, 0) is 10.0 Å². The van der Waals surface area contributed by atoms with Gasteiger partial charge in [0.15, 0.2) is 0 Å². The first-order valence-electron chi connectivity index (χ1n) is 7.05. The smallest absolute Gasteiger partial charge is 0.306 e. The topological polar surface area (TPSA) is 105 Å². The second-order valence-corrected chi connectivity index (χ2v) is 7.07. The van der Waals surface area contributed by atoms with Crippen LogP contribution in [-0.4, -0.2) is 22.4 Å². The predicted molar refractivity (Wildman–Crippen MR) is 89.7 cm³/mol. The van der Waals surface area contributed by atoms with Gasteiger partial charge in [0.2, 0.25) is 0 Å². The van der Waals surface area contributed by atoms with Crippen molar-refractivity contribution in [3.8, 4) is 0 Å². The van der Waals surface area contributed by atoms with E-state index in [9.17, 15) is 18.0 Å². The Kier molecular flexibility index (Phi) is 2.97. The van der Waals surface area contributed by atoms with Crippen LogP contribution in [0, 0.1) is 0 Å². The first-order chi connectivity index (χ1) is 11.5. The van der Waals surface area contributed by atoms with E-state index >= 15 is 0 Å². The van der Waals surface area contributed by atoms with Crippen molar-refractivity contribution >= 4 is 31.8 Å². The van der Waals surface area contributed by atoms with E-state index < -0.39 is 21.3 Å². The summed E-state index contributed by atoms with van der Waals surface area (Å²) < 4.78 is 26.7. The number of nitrogens with zero attached hydrogens (tertiary/aromatic N) is 1. The van der Waals surface area contributed by atoms with E-state index in [0.717, 1.165) is 3.97 Å². The van der Waals surface area contributed by atoms with Crippen LogP contribution in [0.4, 0.5) is 0 Å². The second kappa shape index (κ2) is 4.93. The monoisotopic (exact) mass is 341 g/mol. The van der Waals surface area contributed by atoms with E-state index in [1.54, 1.807) is 30.3 Å². The van der Waals surface area contributed by atoms with Gasteiger partial charge in [-0.2, -0.15) is 0 Å². The third-order valence-corrected chi connectivity index (χ3v) is 5.55. The van der Waals surface area contributed by atoms with Crippen LogP contribution < -0.4 is 11.2 Å². The third-order valence-electron chi connectivity index (χ3n) is 3.85. The summed E-state index contributed by atoms with van der Waals surface area (Å²) in [6.07, 6.45) is 1.41. The molecule has 24 heavy (non-hydrogen) atoms. The molecule has 0 atom stereocenters. The van der Waals surface area contributed by atoms with Crippen molar-refractivity contribution in [3.63, 3.8) is 0 Å². The van der Waals surface area contributed by atoms with Crippen LogP contribution in [0.2, 0.25) is 0 Å². The van der Waals surface area contributed by atoms with Crippen molar-refractivity contribution in [2.45, 2.75) is 4.90 Å². The molecule has 2 heterocycles. The predicted octanol–water partition coefficient (Wildman–Crippen LogP) is 1.41. The van der Waals surface area contributed by atoms with Crippen LogP contribution in [0.15, 0.2) is 69.2 Å². The molecule has 2 aromatic heterocycles. The van der Waals surface area contributed by atoms with Gasteiger partial charge in [0.05, 0.1) is 21.3 Å². The molecular formula is C16H11N3O4S. The third kappa shape index (κ3) is 2.00. The van der Waals surface area contributed by atoms with Gasteiger partial charge < -0.3 is 4.98 Å². The molecule has 2 aromatic carbocycles. The Morgan fingerprint density at radius 2 is 1.58 bits per heavy atom. The Balaban J connectivity index is 2.08. The Morgan fingerprint density at radius 1 is 0.833 bits per heavy atom. The summed E-state index contributed by atoms with van der Waals surface area (Å²) in [7, 11) is -3.77. The van der Waals surface area contributed by atoms with Gasteiger partial charge in [-0.25, -0.2) is 17.2 Å². The SMILES string of the molecule is O=c1[nH]c(=O)c2ccc3c(ccn3S(=O)(=O)c3ccccc3)c2[nH]1. The van der Waals surface area contributed by atoms with Crippen molar-refractivity contribution in [1.29, 1.82) is 0 Å². The highest BCUT2D eigenvalue weighted by Crippen LogP contribution is 2.25. The molecule has 0 saturated heterocycles. The van der Waals surface area contributed by atoms with Gasteiger partial charge >= 0.3 is 5.69 Å². The van der Waals surface area contributed by atoms with E-state index in [-0.39, 0.29) is 10.3 Å². The minimum atomic E-state index is -3.77. The highest BCUT2D eigenvalue weighted by atomic mass is 32.2. The van der Waals surface area contributed by atoms with Crippen LogP contribution in [0.3, 0.4) is 0 Å². The van der Waals surface area contributed by atoms with Gasteiger partial charge in [-0.3, -0.25) is 9.78 Å². The zero-order valence-corrected chi connectivity index (χ0v) is 13.0. The zero-order valence-electron chi connectivity index (χ0n) is 12.2. The molecule has 0 aliphatic heterocycles. The molecule has 0 saturated carbocycles. The number of aromatic nitrogens is 3. The summed E-state index contributed by atoms with van der Waals surface area (Å²) >= 11 is 0. The molecule has 0 radical (unpaired) electrons. The molecule has 0 aliphatic rings. The quantitative estimate of drug-likeness (QED) is 0.575. The van der Waals surface area contributed by atoms with E-state index in [4.69, 9.17) is 0 Å². The molecule has 7 nitrogen and oxygen atoms in total. The van der Waals surface area contributed by atoms with E-state index in [1.165, 1.54) is 24.4 Å². The number of fused-ring (bicyclic) bond motifs is 3. The number of hydrogen-bond donors (Lipinski definition) is 2. The average Bonchev–Trinajstić information content (AvgIpc) is 3.01.